The lowest BCUT2D eigenvalue weighted by atomic mass is 10.1. The van der Waals surface area contributed by atoms with Crippen LogP contribution in [0.5, 0.6) is 5.75 Å². The van der Waals surface area contributed by atoms with Crippen LogP contribution in [0.3, 0.4) is 0 Å². The molecule has 3 nitrogen and oxygen atoms in total. The largest absolute Gasteiger partial charge is 0.494 e. The Bertz CT molecular complexity index is 346. The Balaban J connectivity index is 1.92. The third-order valence-electron chi connectivity index (χ3n) is 3.41. The predicted octanol–water partition coefficient (Wildman–Crippen LogP) is 2.27. The minimum atomic E-state index is 0.719. The van der Waals surface area contributed by atoms with E-state index in [2.05, 4.69) is 41.4 Å². The highest BCUT2D eigenvalue weighted by Gasteiger charge is 2.23. The first-order valence-electron chi connectivity index (χ1n) is 7.00. The zero-order valence-corrected chi connectivity index (χ0v) is 11.5. The Morgan fingerprint density at radius 2 is 1.94 bits per heavy atom. The van der Waals surface area contributed by atoms with Gasteiger partial charge >= 0.3 is 0 Å². The molecule has 1 aliphatic rings. The minimum Gasteiger partial charge on any atom is -0.494 e. The molecule has 0 amide bonds. The van der Waals surface area contributed by atoms with Crippen LogP contribution in [0.15, 0.2) is 24.3 Å². The molecule has 1 aromatic carbocycles. The van der Waals surface area contributed by atoms with Gasteiger partial charge in [-0.1, -0.05) is 19.1 Å². The summed E-state index contributed by atoms with van der Waals surface area (Å²) in [6, 6.07) is 9.22. The molecule has 2 rings (SSSR count). The van der Waals surface area contributed by atoms with Crippen LogP contribution in [0, 0.1) is 0 Å². The molecule has 0 unspecified atom stereocenters. The van der Waals surface area contributed by atoms with Crippen LogP contribution in [-0.2, 0) is 6.54 Å². The van der Waals surface area contributed by atoms with E-state index in [0.717, 1.165) is 38.0 Å². The summed E-state index contributed by atoms with van der Waals surface area (Å²) in [5.41, 5.74) is 1.37. The summed E-state index contributed by atoms with van der Waals surface area (Å²) >= 11 is 0. The van der Waals surface area contributed by atoms with Crippen LogP contribution >= 0.6 is 0 Å². The molecule has 1 saturated heterocycles. The first-order valence-corrected chi connectivity index (χ1v) is 7.00. The number of nitrogens with zero attached hydrogens (tertiary/aromatic N) is 1. The molecule has 1 aromatic rings. The van der Waals surface area contributed by atoms with Gasteiger partial charge in [0.15, 0.2) is 0 Å². The first kappa shape index (κ1) is 13.4. The minimum absolute atomic E-state index is 0.719. The monoisotopic (exact) mass is 248 g/mol. The van der Waals surface area contributed by atoms with Gasteiger partial charge < -0.3 is 10.1 Å². The zero-order chi connectivity index (χ0) is 12.8. The Hall–Kier alpha value is -1.06. The number of hydrogen-bond donors (Lipinski definition) is 1. The molecule has 0 radical (unpaired) electrons. The quantitative estimate of drug-likeness (QED) is 0.801. The van der Waals surface area contributed by atoms with E-state index in [1.807, 2.05) is 6.92 Å². The molecule has 0 spiro atoms. The van der Waals surface area contributed by atoms with Gasteiger partial charge in [-0.15, -0.1) is 0 Å². The van der Waals surface area contributed by atoms with Crippen molar-refractivity contribution in [1.82, 2.24) is 10.2 Å². The Morgan fingerprint density at radius 1 is 1.22 bits per heavy atom. The summed E-state index contributed by atoms with van der Waals surface area (Å²) in [6.45, 7) is 9.49. The van der Waals surface area contributed by atoms with Crippen molar-refractivity contribution in [3.8, 4) is 5.75 Å². The normalized spacial score (nSPS) is 15.7. The predicted molar refractivity (Wildman–Crippen MR) is 75.0 cm³/mol. The second-order valence-corrected chi connectivity index (χ2v) is 4.86. The van der Waals surface area contributed by atoms with E-state index in [1.165, 1.54) is 18.5 Å². The van der Waals surface area contributed by atoms with Crippen molar-refractivity contribution < 1.29 is 4.74 Å². The number of ether oxygens (including phenoxy) is 1. The summed E-state index contributed by atoms with van der Waals surface area (Å²) in [4.78, 5) is 2.58. The van der Waals surface area contributed by atoms with E-state index in [4.69, 9.17) is 4.74 Å². The van der Waals surface area contributed by atoms with Gasteiger partial charge in [0.25, 0.3) is 0 Å². The second kappa shape index (κ2) is 6.76. The van der Waals surface area contributed by atoms with E-state index in [1.54, 1.807) is 0 Å². The summed E-state index contributed by atoms with van der Waals surface area (Å²) < 4.78 is 5.47. The van der Waals surface area contributed by atoms with Gasteiger partial charge in [0.2, 0.25) is 0 Å². The summed E-state index contributed by atoms with van der Waals surface area (Å²) in [5, 5.41) is 3.35. The molecule has 0 aliphatic carbocycles. The number of nitrogens with one attached hydrogen (secondary N) is 1. The molecule has 1 aliphatic heterocycles. The van der Waals surface area contributed by atoms with Crippen molar-refractivity contribution >= 4 is 0 Å². The summed E-state index contributed by atoms with van der Waals surface area (Å²) in [6.07, 6.45) is 1.22. The molecule has 0 aromatic heterocycles. The fourth-order valence-corrected chi connectivity index (χ4v) is 2.30. The van der Waals surface area contributed by atoms with Crippen LogP contribution in [0.25, 0.3) is 0 Å². The fourth-order valence-electron chi connectivity index (χ4n) is 2.30. The Morgan fingerprint density at radius 3 is 2.44 bits per heavy atom. The van der Waals surface area contributed by atoms with Gasteiger partial charge in [0.05, 0.1) is 6.61 Å². The van der Waals surface area contributed by atoms with Gasteiger partial charge in [-0.3, -0.25) is 4.90 Å². The molecule has 100 valence electrons. The lowest BCUT2D eigenvalue weighted by Crippen LogP contribution is -2.56. The maximum absolute atomic E-state index is 5.47. The van der Waals surface area contributed by atoms with Gasteiger partial charge in [-0.2, -0.15) is 0 Å². The van der Waals surface area contributed by atoms with E-state index in [0.29, 0.717) is 0 Å². The van der Waals surface area contributed by atoms with Gasteiger partial charge in [0.1, 0.15) is 5.75 Å². The van der Waals surface area contributed by atoms with Gasteiger partial charge in [-0.05, 0) is 37.6 Å². The highest BCUT2D eigenvalue weighted by atomic mass is 16.5. The standard InChI is InChI=1S/C15H24N2O/c1-3-9-17(14-10-16-11-14)12-13-5-7-15(8-6-13)18-4-2/h5-8,14,16H,3-4,9-12H2,1-2H3. The molecule has 0 bridgehead atoms. The maximum atomic E-state index is 5.47. The summed E-state index contributed by atoms with van der Waals surface area (Å²) in [7, 11) is 0. The number of rotatable bonds is 7. The first-order chi connectivity index (χ1) is 8.83. The SMILES string of the molecule is CCCN(Cc1ccc(OCC)cc1)C1CNC1. The smallest absolute Gasteiger partial charge is 0.119 e. The molecule has 18 heavy (non-hydrogen) atoms. The average molecular weight is 248 g/mol. The van der Waals surface area contributed by atoms with Crippen molar-refractivity contribution in [3.05, 3.63) is 29.8 Å². The van der Waals surface area contributed by atoms with Crippen molar-refractivity contribution in [1.29, 1.82) is 0 Å². The van der Waals surface area contributed by atoms with E-state index in [9.17, 15) is 0 Å². The van der Waals surface area contributed by atoms with Crippen molar-refractivity contribution in [3.63, 3.8) is 0 Å². The second-order valence-electron chi connectivity index (χ2n) is 4.86. The number of hydrogen-bond acceptors (Lipinski definition) is 3. The molecule has 0 atom stereocenters. The van der Waals surface area contributed by atoms with Crippen LogP contribution < -0.4 is 10.1 Å². The van der Waals surface area contributed by atoms with Gasteiger partial charge in [0, 0.05) is 25.7 Å². The number of benzene rings is 1. The van der Waals surface area contributed by atoms with Crippen molar-refractivity contribution in [2.45, 2.75) is 32.9 Å². The van der Waals surface area contributed by atoms with Gasteiger partial charge in [-0.25, -0.2) is 0 Å². The summed E-state index contributed by atoms with van der Waals surface area (Å²) in [5.74, 6) is 0.966. The molecule has 1 N–H and O–H groups in total. The van der Waals surface area contributed by atoms with E-state index < -0.39 is 0 Å². The maximum Gasteiger partial charge on any atom is 0.119 e. The fraction of sp³-hybridized carbons (Fsp3) is 0.600. The molecular weight excluding hydrogens is 224 g/mol. The van der Waals surface area contributed by atoms with Crippen molar-refractivity contribution in [2.75, 3.05) is 26.2 Å². The highest BCUT2D eigenvalue weighted by Crippen LogP contribution is 2.16. The average Bonchev–Trinajstić information content (AvgIpc) is 2.30. The third kappa shape index (κ3) is 3.47. The van der Waals surface area contributed by atoms with Crippen LogP contribution in [-0.4, -0.2) is 37.2 Å². The molecular formula is C15H24N2O. The molecule has 0 saturated carbocycles. The zero-order valence-electron chi connectivity index (χ0n) is 11.5. The molecule has 1 heterocycles. The topological polar surface area (TPSA) is 24.5 Å². The third-order valence-corrected chi connectivity index (χ3v) is 3.41. The molecule has 3 heteroatoms. The Kier molecular flexibility index (Phi) is 5.02. The van der Waals surface area contributed by atoms with E-state index in [-0.39, 0.29) is 0 Å². The van der Waals surface area contributed by atoms with Crippen LogP contribution in [0.1, 0.15) is 25.8 Å². The van der Waals surface area contributed by atoms with Crippen molar-refractivity contribution in [2.24, 2.45) is 0 Å². The van der Waals surface area contributed by atoms with Crippen LogP contribution in [0.2, 0.25) is 0 Å². The lowest BCUT2D eigenvalue weighted by Gasteiger charge is -2.38. The molecule has 1 fully saturated rings. The van der Waals surface area contributed by atoms with E-state index >= 15 is 0 Å². The lowest BCUT2D eigenvalue weighted by molar-refractivity contribution is 0.138. The Labute approximate surface area is 110 Å². The highest BCUT2D eigenvalue weighted by molar-refractivity contribution is 5.27. The van der Waals surface area contributed by atoms with Crippen LogP contribution in [0.4, 0.5) is 0 Å².